The third-order valence-electron chi connectivity index (χ3n) is 4.73. The lowest BCUT2D eigenvalue weighted by Crippen LogP contribution is -2.58. The summed E-state index contributed by atoms with van der Waals surface area (Å²) in [5.41, 5.74) is 0.216. The van der Waals surface area contributed by atoms with Gasteiger partial charge in [-0.05, 0) is 66.7 Å². The van der Waals surface area contributed by atoms with Gasteiger partial charge in [-0.15, -0.1) is 0 Å². The van der Waals surface area contributed by atoms with E-state index in [-0.39, 0.29) is 23.7 Å². The summed E-state index contributed by atoms with van der Waals surface area (Å²) in [6.07, 6.45) is -0.208. The fourth-order valence-electron chi connectivity index (χ4n) is 3.34. The van der Waals surface area contributed by atoms with Crippen molar-refractivity contribution in [3.8, 4) is 0 Å². The Morgan fingerprint density at radius 1 is 1.14 bits per heavy atom. The van der Waals surface area contributed by atoms with Crippen LogP contribution < -0.4 is 10.6 Å². The van der Waals surface area contributed by atoms with Crippen molar-refractivity contribution < 1.29 is 19.1 Å². The summed E-state index contributed by atoms with van der Waals surface area (Å²) in [6.45, 7) is 16.0. The molecule has 0 aliphatic carbocycles. The summed E-state index contributed by atoms with van der Waals surface area (Å²) in [5, 5.41) is 5.68. The number of hydrogen-bond acceptors (Lipinski definition) is 5. The van der Waals surface area contributed by atoms with Gasteiger partial charge in [0.25, 0.3) is 5.91 Å². The number of amides is 2. The highest BCUT2D eigenvalue weighted by molar-refractivity contribution is 5.96. The number of rotatable bonds is 5. The van der Waals surface area contributed by atoms with Crippen LogP contribution in [-0.4, -0.2) is 59.9 Å². The molecule has 0 aromatic heterocycles. The van der Waals surface area contributed by atoms with Crippen molar-refractivity contribution in [2.45, 2.75) is 71.8 Å². The number of nitrogens with zero attached hydrogens (tertiary/aromatic N) is 1. The van der Waals surface area contributed by atoms with E-state index in [0.717, 1.165) is 13.1 Å². The molecule has 0 spiro atoms. The highest BCUT2D eigenvalue weighted by atomic mass is 16.6. The minimum absolute atomic E-state index is 0.171. The van der Waals surface area contributed by atoms with Crippen molar-refractivity contribution in [3.63, 3.8) is 0 Å². The first-order chi connectivity index (χ1) is 13.4. The van der Waals surface area contributed by atoms with Gasteiger partial charge in [-0.25, -0.2) is 4.79 Å². The van der Waals surface area contributed by atoms with Crippen molar-refractivity contribution in [1.82, 2.24) is 10.2 Å². The standard InChI is InChI=1S/C22H35N3O4/c1-15-12-25(13-16(2)28-15)22(6,7)14-23-19(26)17-9-8-10-18(11-17)24-20(27)29-21(3,4)5/h8-11,15-16H,12-14H2,1-7H3,(H,23,26)(H,24,27)/t15-,16+. The second-order valence-corrected chi connectivity index (χ2v) is 9.37. The van der Waals surface area contributed by atoms with Gasteiger partial charge in [0.1, 0.15) is 5.60 Å². The van der Waals surface area contributed by atoms with Crippen LogP contribution in [0.3, 0.4) is 0 Å². The molecular weight excluding hydrogens is 370 g/mol. The molecule has 1 fully saturated rings. The maximum atomic E-state index is 12.7. The number of hydrogen-bond donors (Lipinski definition) is 2. The van der Waals surface area contributed by atoms with Crippen molar-refractivity contribution >= 4 is 17.7 Å². The van der Waals surface area contributed by atoms with Gasteiger partial charge in [-0.1, -0.05) is 6.07 Å². The largest absolute Gasteiger partial charge is 0.444 e. The Labute approximate surface area is 174 Å². The first-order valence-corrected chi connectivity index (χ1v) is 10.1. The van der Waals surface area contributed by atoms with E-state index in [1.54, 1.807) is 45.0 Å². The van der Waals surface area contributed by atoms with Crippen LogP contribution in [-0.2, 0) is 9.47 Å². The number of anilines is 1. The highest BCUT2D eigenvalue weighted by Gasteiger charge is 2.33. The molecule has 2 amide bonds. The minimum Gasteiger partial charge on any atom is -0.444 e. The fourth-order valence-corrected chi connectivity index (χ4v) is 3.34. The van der Waals surface area contributed by atoms with E-state index < -0.39 is 11.7 Å². The van der Waals surface area contributed by atoms with Gasteiger partial charge in [0.2, 0.25) is 0 Å². The molecule has 7 nitrogen and oxygen atoms in total. The zero-order chi connectivity index (χ0) is 21.8. The number of carbonyl (C=O) groups is 2. The van der Waals surface area contributed by atoms with E-state index in [4.69, 9.17) is 9.47 Å². The Bertz CT molecular complexity index is 717. The Kier molecular flexibility index (Phi) is 7.30. The van der Waals surface area contributed by atoms with Crippen LogP contribution in [0, 0.1) is 0 Å². The second-order valence-electron chi connectivity index (χ2n) is 9.37. The lowest BCUT2D eigenvalue weighted by atomic mass is 10.00. The van der Waals surface area contributed by atoms with Crippen molar-refractivity contribution in [3.05, 3.63) is 29.8 Å². The van der Waals surface area contributed by atoms with Crippen LogP contribution in [0.1, 0.15) is 58.8 Å². The van der Waals surface area contributed by atoms with E-state index in [9.17, 15) is 9.59 Å². The molecule has 2 N–H and O–H groups in total. The van der Waals surface area contributed by atoms with Crippen molar-refractivity contribution in [2.75, 3.05) is 25.0 Å². The fraction of sp³-hybridized carbons (Fsp3) is 0.636. The SMILES string of the molecule is C[C@@H]1CN(C(C)(C)CNC(=O)c2cccc(NC(=O)OC(C)(C)C)c2)C[C@H](C)O1. The number of carbonyl (C=O) groups excluding carboxylic acids is 2. The number of nitrogens with one attached hydrogen (secondary N) is 2. The quantitative estimate of drug-likeness (QED) is 0.782. The molecule has 1 saturated heterocycles. The van der Waals surface area contributed by atoms with Gasteiger partial charge >= 0.3 is 6.09 Å². The molecule has 2 atom stereocenters. The molecule has 7 heteroatoms. The average Bonchev–Trinajstić information content (AvgIpc) is 2.57. The normalized spacial score (nSPS) is 20.8. The summed E-state index contributed by atoms with van der Waals surface area (Å²) in [7, 11) is 0. The number of benzene rings is 1. The van der Waals surface area contributed by atoms with Crippen molar-refractivity contribution in [1.29, 1.82) is 0 Å². The van der Waals surface area contributed by atoms with E-state index >= 15 is 0 Å². The van der Waals surface area contributed by atoms with Gasteiger partial charge < -0.3 is 14.8 Å². The summed E-state index contributed by atoms with van der Waals surface area (Å²) in [5.74, 6) is -0.180. The summed E-state index contributed by atoms with van der Waals surface area (Å²) >= 11 is 0. The molecule has 2 rings (SSSR count). The van der Waals surface area contributed by atoms with Gasteiger partial charge in [0.05, 0.1) is 12.2 Å². The van der Waals surface area contributed by atoms with Gasteiger partial charge in [-0.2, -0.15) is 0 Å². The van der Waals surface area contributed by atoms with Crippen LogP contribution in [0.25, 0.3) is 0 Å². The smallest absolute Gasteiger partial charge is 0.412 e. The van der Waals surface area contributed by atoms with Crippen LogP contribution in [0.2, 0.25) is 0 Å². The first-order valence-electron chi connectivity index (χ1n) is 10.1. The molecule has 29 heavy (non-hydrogen) atoms. The minimum atomic E-state index is -0.584. The monoisotopic (exact) mass is 405 g/mol. The molecule has 0 saturated carbocycles. The summed E-state index contributed by atoms with van der Waals surface area (Å²) in [6, 6.07) is 6.83. The van der Waals surface area contributed by atoms with Crippen LogP contribution >= 0.6 is 0 Å². The lowest BCUT2D eigenvalue weighted by molar-refractivity contribution is -0.0948. The Morgan fingerprint density at radius 2 is 1.76 bits per heavy atom. The molecule has 1 aromatic rings. The number of ether oxygens (including phenoxy) is 2. The predicted molar refractivity (Wildman–Crippen MR) is 114 cm³/mol. The molecule has 0 unspecified atom stereocenters. The molecule has 0 bridgehead atoms. The molecule has 1 heterocycles. The first kappa shape index (κ1) is 23.2. The van der Waals surface area contributed by atoms with Crippen LogP contribution in [0.15, 0.2) is 24.3 Å². The maximum absolute atomic E-state index is 12.7. The lowest BCUT2D eigenvalue weighted by Gasteiger charge is -2.45. The molecule has 0 radical (unpaired) electrons. The van der Waals surface area contributed by atoms with E-state index in [1.165, 1.54) is 0 Å². The molecule has 162 valence electrons. The highest BCUT2D eigenvalue weighted by Crippen LogP contribution is 2.21. The van der Waals surface area contributed by atoms with Crippen LogP contribution in [0.4, 0.5) is 10.5 Å². The zero-order valence-corrected chi connectivity index (χ0v) is 18.7. The summed E-state index contributed by atoms with van der Waals surface area (Å²) in [4.78, 5) is 27.0. The van der Waals surface area contributed by atoms with Crippen molar-refractivity contribution in [2.24, 2.45) is 0 Å². The van der Waals surface area contributed by atoms with E-state index in [2.05, 4.69) is 43.2 Å². The Morgan fingerprint density at radius 3 is 2.34 bits per heavy atom. The Balaban J connectivity index is 1.96. The third-order valence-corrected chi connectivity index (χ3v) is 4.73. The van der Waals surface area contributed by atoms with Gasteiger partial charge in [0.15, 0.2) is 0 Å². The van der Waals surface area contributed by atoms with Crippen LogP contribution in [0.5, 0.6) is 0 Å². The predicted octanol–water partition coefficient (Wildman–Crippen LogP) is 3.65. The number of morpholine rings is 1. The molecule has 1 aliphatic rings. The Hall–Kier alpha value is -2.12. The average molecular weight is 406 g/mol. The molecule has 1 aliphatic heterocycles. The van der Waals surface area contributed by atoms with Gasteiger partial charge in [-0.3, -0.25) is 15.0 Å². The zero-order valence-electron chi connectivity index (χ0n) is 18.7. The third kappa shape index (κ3) is 7.33. The molecular formula is C22H35N3O4. The summed E-state index contributed by atoms with van der Waals surface area (Å²) < 4.78 is 11.1. The van der Waals surface area contributed by atoms with Gasteiger partial charge in [0, 0.05) is 36.4 Å². The second kappa shape index (κ2) is 9.13. The van der Waals surface area contributed by atoms with E-state index in [0.29, 0.717) is 17.8 Å². The molecule has 1 aromatic carbocycles. The topological polar surface area (TPSA) is 79.9 Å². The maximum Gasteiger partial charge on any atom is 0.412 e. The van der Waals surface area contributed by atoms with E-state index in [1.807, 2.05) is 0 Å².